The minimum Gasteiger partial charge on any atom is -0.508 e. The van der Waals surface area contributed by atoms with Crippen LogP contribution in [-0.2, 0) is 6.42 Å². The Morgan fingerprint density at radius 3 is 2.05 bits per heavy atom. The van der Waals surface area contributed by atoms with Crippen LogP contribution >= 0.6 is 0 Å². The molecule has 0 amide bonds. The zero-order valence-corrected chi connectivity index (χ0v) is 14.4. The molecule has 0 fully saturated rings. The molecule has 0 aromatic heterocycles. The van der Waals surface area contributed by atoms with Gasteiger partial charge in [0.1, 0.15) is 5.75 Å². The van der Waals surface area contributed by atoms with Crippen LogP contribution in [0, 0.1) is 0 Å². The molecule has 1 nitrogen and oxygen atoms in total. The number of phenols is 1. The van der Waals surface area contributed by atoms with Crippen molar-refractivity contribution in [2.75, 3.05) is 0 Å². The molecule has 0 aliphatic rings. The van der Waals surface area contributed by atoms with E-state index in [1.165, 1.54) is 70.6 Å². The van der Waals surface area contributed by atoms with Crippen molar-refractivity contribution in [2.24, 2.45) is 0 Å². The molecule has 0 atom stereocenters. The summed E-state index contributed by atoms with van der Waals surface area (Å²) in [5.41, 5.74) is 1.09. The largest absolute Gasteiger partial charge is 0.508 e. The fourth-order valence-corrected chi connectivity index (χ4v) is 2.75. The molecular formula is C21H34O. The molecule has 0 heterocycles. The molecule has 0 saturated carbocycles. The summed E-state index contributed by atoms with van der Waals surface area (Å²) in [6, 6.07) is 7.70. The number of para-hydroxylation sites is 1. The lowest BCUT2D eigenvalue weighted by Gasteiger charge is -2.04. The number of phenolic OH excluding ortho intramolecular Hbond substituents is 1. The number of aryl methyl sites for hydroxylation is 1. The van der Waals surface area contributed by atoms with Crippen LogP contribution in [0.25, 0.3) is 0 Å². The molecule has 0 unspecified atom stereocenters. The fourth-order valence-electron chi connectivity index (χ4n) is 2.75. The fraction of sp³-hybridized carbons (Fsp3) is 0.619. The summed E-state index contributed by atoms with van der Waals surface area (Å²) in [4.78, 5) is 0. The van der Waals surface area contributed by atoms with Crippen LogP contribution in [0.1, 0.15) is 83.1 Å². The van der Waals surface area contributed by atoms with E-state index in [4.69, 9.17) is 0 Å². The van der Waals surface area contributed by atoms with Gasteiger partial charge in [-0.05, 0) is 50.2 Å². The van der Waals surface area contributed by atoms with Crippen molar-refractivity contribution in [2.45, 2.75) is 84.0 Å². The molecule has 1 rings (SSSR count). The van der Waals surface area contributed by atoms with Gasteiger partial charge >= 0.3 is 0 Å². The summed E-state index contributed by atoms with van der Waals surface area (Å²) in [5.74, 6) is 0.451. The third kappa shape index (κ3) is 9.65. The van der Waals surface area contributed by atoms with E-state index in [0.717, 1.165) is 12.0 Å². The number of aromatic hydroxyl groups is 1. The Hall–Kier alpha value is -1.24. The van der Waals surface area contributed by atoms with Crippen LogP contribution in [0.15, 0.2) is 36.4 Å². The Morgan fingerprint density at radius 2 is 1.36 bits per heavy atom. The lowest BCUT2D eigenvalue weighted by molar-refractivity contribution is 0.466. The Labute approximate surface area is 137 Å². The van der Waals surface area contributed by atoms with Gasteiger partial charge in [0, 0.05) is 0 Å². The molecular weight excluding hydrogens is 268 g/mol. The molecule has 22 heavy (non-hydrogen) atoms. The van der Waals surface area contributed by atoms with Gasteiger partial charge in [-0.15, -0.1) is 0 Å². The van der Waals surface area contributed by atoms with E-state index >= 15 is 0 Å². The molecule has 1 N–H and O–H groups in total. The molecule has 1 aromatic rings. The summed E-state index contributed by atoms with van der Waals surface area (Å²) in [7, 11) is 0. The maximum Gasteiger partial charge on any atom is 0.118 e. The first-order chi connectivity index (χ1) is 10.8. The molecule has 0 bridgehead atoms. The predicted molar refractivity (Wildman–Crippen MR) is 97.4 cm³/mol. The Balaban J connectivity index is 1.87. The van der Waals surface area contributed by atoms with Gasteiger partial charge in [0.05, 0.1) is 0 Å². The van der Waals surface area contributed by atoms with Gasteiger partial charge in [0.2, 0.25) is 0 Å². The van der Waals surface area contributed by atoms with Crippen LogP contribution < -0.4 is 0 Å². The van der Waals surface area contributed by atoms with Gasteiger partial charge in [0.25, 0.3) is 0 Å². The normalized spacial score (nSPS) is 11.3. The van der Waals surface area contributed by atoms with Gasteiger partial charge in [-0.1, -0.05) is 75.8 Å². The second kappa shape index (κ2) is 13.4. The maximum absolute atomic E-state index is 9.69. The molecule has 0 aliphatic heterocycles. The molecule has 0 saturated heterocycles. The van der Waals surface area contributed by atoms with E-state index in [-0.39, 0.29) is 0 Å². The number of allylic oxidation sites excluding steroid dienone is 2. The first kappa shape index (κ1) is 18.8. The summed E-state index contributed by atoms with van der Waals surface area (Å²) in [6.07, 6.45) is 20.1. The van der Waals surface area contributed by atoms with Crippen LogP contribution in [0.2, 0.25) is 0 Å². The van der Waals surface area contributed by atoms with Crippen LogP contribution in [0.4, 0.5) is 0 Å². The topological polar surface area (TPSA) is 20.2 Å². The molecule has 1 aromatic carbocycles. The zero-order chi connectivity index (χ0) is 15.9. The van der Waals surface area contributed by atoms with Gasteiger partial charge in [-0.25, -0.2) is 0 Å². The number of hydrogen-bond acceptors (Lipinski definition) is 1. The highest BCUT2D eigenvalue weighted by molar-refractivity contribution is 5.31. The van der Waals surface area contributed by atoms with E-state index in [1.54, 1.807) is 6.07 Å². The van der Waals surface area contributed by atoms with Crippen molar-refractivity contribution in [3.8, 4) is 5.75 Å². The zero-order valence-electron chi connectivity index (χ0n) is 14.4. The molecule has 0 spiro atoms. The number of benzene rings is 1. The number of hydrogen-bond donors (Lipinski definition) is 1. The second-order valence-corrected chi connectivity index (χ2v) is 6.26. The highest BCUT2D eigenvalue weighted by atomic mass is 16.3. The van der Waals surface area contributed by atoms with E-state index in [9.17, 15) is 5.11 Å². The minimum atomic E-state index is 0.451. The third-order valence-corrected chi connectivity index (χ3v) is 4.20. The lowest BCUT2D eigenvalue weighted by Crippen LogP contribution is -1.86. The summed E-state index contributed by atoms with van der Waals surface area (Å²) in [6.45, 7) is 2.26. The standard InChI is InChI=1S/C21H34O/c1-2-3-4-5-6-7-8-9-10-11-12-13-14-17-20-18-15-16-19-21(20)22/h7-8,15-16,18-19,22H,2-6,9-14,17H2,1H3/b8-7-. The Bertz CT molecular complexity index is 395. The first-order valence-corrected chi connectivity index (χ1v) is 9.26. The van der Waals surface area contributed by atoms with E-state index < -0.39 is 0 Å². The van der Waals surface area contributed by atoms with Gasteiger partial charge < -0.3 is 5.11 Å². The molecule has 0 aliphatic carbocycles. The van der Waals surface area contributed by atoms with Crippen molar-refractivity contribution in [3.05, 3.63) is 42.0 Å². The highest BCUT2D eigenvalue weighted by Crippen LogP contribution is 2.18. The van der Waals surface area contributed by atoms with Crippen LogP contribution in [0.3, 0.4) is 0 Å². The highest BCUT2D eigenvalue weighted by Gasteiger charge is 1.98. The Morgan fingerprint density at radius 1 is 0.773 bits per heavy atom. The summed E-state index contributed by atoms with van der Waals surface area (Å²) in [5, 5.41) is 9.69. The Kier molecular flexibility index (Phi) is 11.5. The average Bonchev–Trinajstić information content (AvgIpc) is 2.53. The summed E-state index contributed by atoms with van der Waals surface area (Å²) >= 11 is 0. The van der Waals surface area contributed by atoms with E-state index in [1.807, 2.05) is 18.2 Å². The van der Waals surface area contributed by atoms with Crippen LogP contribution in [-0.4, -0.2) is 5.11 Å². The molecule has 1 heteroatoms. The van der Waals surface area contributed by atoms with Crippen molar-refractivity contribution >= 4 is 0 Å². The first-order valence-electron chi connectivity index (χ1n) is 9.26. The smallest absolute Gasteiger partial charge is 0.118 e. The van der Waals surface area contributed by atoms with Crippen molar-refractivity contribution in [1.29, 1.82) is 0 Å². The number of unbranched alkanes of at least 4 members (excludes halogenated alkanes) is 9. The maximum atomic E-state index is 9.69. The van der Waals surface area contributed by atoms with Gasteiger partial charge in [-0.3, -0.25) is 0 Å². The average molecular weight is 303 g/mol. The second-order valence-electron chi connectivity index (χ2n) is 6.26. The van der Waals surface area contributed by atoms with Gasteiger partial charge in [0.15, 0.2) is 0 Å². The lowest BCUT2D eigenvalue weighted by atomic mass is 10.0. The van der Waals surface area contributed by atoms with E-state index in [2.05, 4.69) is 19.1 Å². The van der Waals surface area contributed by atoms with Gasteiger partial charge in [-0.2, -0.15) is 0 Å². The SMILES string of the molecule is CCCCCC/C=C\CCCCCCCc1ccccc1O. The third-order valence-electron chi connectivity index (χ3n) is 4.20. The summed E-state index contributed by atoms with van der Waals surface area (Å²) < 4.78 is 0. The monoisotopic (exact) mass is 302 g/mol. The van der Waals surface area contributed by atoms with Crippen molar-refractivity contribution in [1.82, 2.24) is 0 Å². The quantitative estimate of drug-likeness (QED) is 0.314. The minimum absolute atomic E-state index is 0.451. The number of rotatable bonds is 13. The molecule has 0 radical (unpaired) electrons. The molecule has 124 valence electrons. The van der Waals surface area contributed by atoms with Crippen molar-refractivity contribution in [3.63, 3.8) is 0 Å². The van der Waals surface area contributed by atoms with Crippen molar-refractivity contribution < 1.29 is 5.11 Å². The predicted octanol–water partition coefficient (Wildman–Crippen LogP) is 6.80. The van der Waals surface area contributed by atoms with E-state index in [0.29, 0.717) is 5.75 Å². The van der Waals surface area contributed by atoms with Crippen LogP contribution in [0.5, 0.6) is 5.75 Å².